The molecule has 7 heteroatoms. The summed E-state index contributed by atoms with van der Waals surface area (Å²) in [7, 11) is 0. The van der Waals surface area contributed by atoms with Crippen molar-refractivity contribution in [2.45, 2.75) is 31.3 Å². The van der Waals surface area contributed by atoms with E-state index in [2.05, 4.69) is 0 Å². The lowest BCUT2D eigenvalue weighted by Gasteiger charge is -2.15. The fourth-order valence-corrected chi connectivity index (χ4v) is 2.00. The van der Waals surface area contributed by atoms with Crippen LogP contribution < -0.4 is 5.56 Å². The third-order valence-corrected chi connectivity index (χ3v) is 3.06. The van der Waals surface area contributed by atoms with E-state index in [1.165, 1.54) is 13.0 Å². The Bertz CT molecular complexity index is 503. The summed E-state index contributed by atoms with van der Waals surface area (Å²) in [5, 5.41) is 28.3. The molecule has 0 aromatic carbocycles. The van der Waals surface area contributed by atoms with Crippen LogP contribution in [0.2, 0.25) is 0 Å². The topological polar surface area (TPSA) is 103 Å². The van der Waals surface area contributed by atoms with Crippen LogP contribution in [0, 0.1) is 12.9 Å². The zero-order valence-electron chi connectivity index (χ0n) is 9.63. The van der Waals surface area contributed by atoms with Gasteiger partial charge in [0.15, 0.2) is 5.95 Å². The predicted octanol–water partition coefficient (Wildman–Crippen LogP) is -1.02. The van der Waals surface area contributed by atoms with Crippen LogP contribution in [-0.4, -0.2) is 45.2 Å². The number of ether oxygens (including phenoxy) is 1. The van der Waals surface area contributed by atoms with Crippen molar-refractivity contribution in [2.75, 3.05) is 6.61 Å². The number of aromatic nitrogens is 1. The number of H-pyrrole nitrogens is 1. The Morgan fingerprint density at radius 2 is 2.11 bits per heavy atom. The molecule has 0 saturated carbocycles. The van der Waals surface area contributed by atoms with Gasteiger partial charge in [0, 0.05) is 11.1 Å². The first-order valence-electron chi connectivity index (χ1n) is 5.47. The number of rotatable bonds is 2. The smallest absolute Gasteiger partial charge is 0.253 e. The SMILES string of the molecule is Cc1cc([C@@H]2O[C@H](CO)C(O)[C@@H]2O)c(F)[nH]c1=O. The van der Waals surface area contributed by atoms with E-state index in [4.69, 9.17) is 9.84 Å². The first kappa shape index (κ1) is 13.2. The van der Waals surface area contributed by atoms with Crippen LogP contribution in [-0.2, 0) is 4.74 Å². The Kier molecular flexibility index (Phi) is 3.49. The lowest BCUT2D eigenvalue weighted by molar-refractivity contribution is -0.0239. The number of aromatic amines is 1. The monoisotopic (exact) mass is 259 g/mol. The second-order valence-corrected chi connectivity index (χ2v) is 4.31. The maximum Gasteiger partial charge on any atom is 0.253 e. The van der Waals surface area contributed by atoms with Crippen LogP contribution in [0.4, 0.5) is 4.39 Å². The summed E-state index contributed by atoms with van der Waals surface area (Å²) < 4.78 is 18.8. The third-order valence-electron chi connectivity index (χ3n) is 3.06. The molecule has 1 aliphatic heterocycles. The average Bonchev–Trinajstić information content (AvgIpc) is 2.61. The molecule has 0 radical (unpaired) electrons. The lowest BCUT2D eigenvalue weighted by Crippen LogP contribution is -2.32. The van der Waals surface area contributed by atoms with Gasteiger partial charge in [0.2, 0.25) is 0 Å². The van der Waals surface area contributed by atoms with E-state index in [-0.39, 0.29) is 11.1 Å². The van der Waals surface area contributed by atoms with Gasteiger partial charge in [-0.1, -0.05) is 0 Å². The highest BCUT2D eigenvalue weighted by atomic mass is 19.1. The van der Waals surface area contributed by atoms with E-state index < -0.39 is 42.5 Å². The molecule has 1 unspecified atom stereocenters. The molecule has 1 saturated heterocycles. The Balaban J connectivity index is 2.38. The lowest BCUT2D eigenvalue weighted by atomic mass is 10.0. The van der Waals surface area contributed by atoms with E-state index in [9.17, 15) is 19.4 Å². The van der Waals surface area contributed by atoms with Gasteiger partial charge in [-0.2, -0.15) is 4.39 Å². The van der Waals surface area contributed by atoms with Gasteiger partial charge in [-0.3, -0.25) is 9.78 Å². The van der Waals surface area contributed by atoms with Gasteiger partial charge in [0.1, 0.15) is 24.4 Å². The number of hydrogen-bond donors (Lipinski definition) is 4. The van der Waals surface area contributed by atoms with Crippen molar-refractivity contribution < 1.29 is 24.4 Å². The molecular formula is C11H14FNO5. The molecule has 1 aromatic heterocycles. The van der Waals surface area contributed by atoms with Gasteiger partial charge >= 0.3 is 0 Å². The Morgan fingerprint density at radius 1 is 1.44 bits per heavy atom. The molecule has 0 spiro atoms. The summed E-state index contributed by atoms with van der Waals surface area (Å²) in [6, 6.07) is 1.26. The van der Waals surface area contributed by atoms with Crippen molar-refractivity contribution in [3.63, 3.8) is 0 Å². The van der Waals surface area contributed by atoms with Gasteiger partial charge < -0.3 is 20.1 Å². The number of pyridine rings is 1. The summed E-state index contributed by atoms with van der Waals surface area (Å²) >= 11 is 0. The van der Waals surface area contributed by atoms with E-state index in [1.54, 1.807) is 0 Å². The second-order valence-electron chi connectivity index (χ2n) is 4.31. The quantitative estimate of drug-likeness (QED) is 0.509. The highest BCUT2D eigenvalue weighted by Gasteiger charge is 2.44. The van der Waals surface area contributed by atoms with Crippen LogP contribution in [0.25, 0.3) is 0 Å². The molecule has 100 valence electrons. The number of halogens is 1. The summed E-state index contributed by atoms with van der Waals surface area (Å²) in [5.41, 5.74) is -0.346. The summed E-state index contributed by atoms with van der Waals surface area (Å²) in [4.78, 5) is 13.2. The number of aliphatic hydroxyl groups is 3. The maximum atomic E-state index is 13.6. The number of aryl methyl sites for hydroxylation is 1. The van der Waals surface area contributed by atoms with Crippen molar-refractivity contribution in [1.82, 2.24) is 4.98 Å². The predicted molar refractivity (Wildman–Crippen MR) is 58.5 cm³/mol. The first-order valence-corrected chi connectivity index (χ1v) is 5.47. The molecule has 4 atom stereocenters. The minimum atomic E-state index is -1.36. The average molecular weight is 259 g/mol. The third kappa shape index (κ3) is 2.05. The molecule has 6 nitrogen and oxygen atoms in total. The molecule has 18 heavy (non-hydrogen) atoms. The summed E-state index contributed by atoms with van der Waals surface area (Å²) in [6.07, 6.45) is -4.75. The molecule has 4 N–H and O–H groups in total. The van der Waals surface area contributed by atoms with Gasteiger partial charge in [0.05, 0.1) is 6.61 Å². The van der Waals surface area contributed by atoms with Crippen LogP contribution in [0.1, 0.15) is 17.2 Å². The van der Waals surface area contributed by atoms with Crippen LogP contribution >= 0.6 is 0 Å². The Hall–Kier alpha value is -1.28. The molecule has 0 aliphatic carbocycles. The highest BCUT2D eigenvalue weighted by Crippen LogP contribution is 2.34. The largest absolute Gasteiger partial charge is 0.394 e. The van der Waals surface area contributed by atoms with E-state index in [0.717, 1.165) is 0 Å². The van der Waals surface area contributed by atoms with E-state index in [0.29, 0.717) is 0 Å². The van der Waals surface area contributed by atoms with Crippen LogP contribution in [0.3, 0.4) is 0 Å². The van der Waals surface area contributed by atoms with E-state index in [1.807, 2.05) is 4.98 Å². The minimum absolute atomic E-state index is 0.0467. The van der Waals surface area contributed by atoms with E-state index >= 15 is 0 Å². The minimum Gasteiger partial charge on any atom is -0.394 e. The van der Waals surface area contributed by atoms with Crippen molar-refractivity contribution in [3.05, 3.63) is 33.5 Å². The Labute approximate surface area is 102 Å². The zero-order valence-corrected chi connectivity index (χ0v) is 9.63. The normalized spacial score (nSPS) is 31.8. The summed E-state index contributed by atoms with van der Waals surface area (Å²) in [5.74, 6) is -0.916. The number of nitrogens with one attached hydrogen (secondary N) is 1. The number of hydrogen-bond acceptors (Lipinski definition) is 5. The first-order chi connectivity index (χ1) is 8.45. The number of aliphatic hydroxyl groups excluding tert-OH is 3. The molecule has 1 aliphatic rings. The van der Waals surface area contributed by atoms with Crippen molar-refractivity contribution >= 4 is 0 Å². The van der Waals surface area contributed by atoms with Crippen LogP contribution in [0.5, 0.6) is 0 Å². The van der Waals surface area contributed by atoms with Gasteiger partial charge in [0.25, 0.3) is 5.56 Å². The maximum absolute atomic E-state index is 13.6. The zero-order chi connectivity index (χ0) is 13.4. The van der Waals surface area contributed by atoms with Crippen molar-refractivity contribution in [1.29, 1.82) is 0 Å². The molecule has 2 heterocycles. The van der Waals surface area contributed by atoms with Crippen molar-refractivity contribution in [3.8, 4) is 0 Å². The highest BCUT2D eigenvalue weighted by molar-refractivity contribution is 5.23. The fraction of sp³-hybridized carbons (Fsp3) is 0.545. The van der Waals surface area contributed by atoms with Crippen LogP contribution in [0.15, 0.2) is 10.9 Å². The van der Waals surface area contributed by atoms with Gasteiger partial charge in [-0.15, -0.1) is 0 Å². The standard InChI is InChI=1S/C11H14FNO5/c1-4-2-5(10(12)13-11(4)17)9-8(16)7(15)6(3-14)18-9/h2,6-9,14-16H,3H2,1H3,(H,13,17)/t6-,7?,8+,9+/m1/s1. The Morgan fingerprint density at radius 3 is 2.67 bits per heavy atom. The molecule has 0 bridgehead atoms. The molecule has 2 rings (SSSR count). The van der Waals surface area contributed by atoms with Gasteiger partial charge in [-0.25, -0.2) is 0 Å². The second kappa shape index (κ2) is 4.77. The van der Waals surface area contributed by atoms with Gasteiger partial charge in [-0.05, 0) is 13.0 Å². The molecule has 1 aromatic rings. The molecule has 0 amide bonds. The fourth-order valence-electron chi connectivity index (χ4n) is 2.00. The summed E-state index contributed by atoms with van der Waals surface area (Å²) in [6.45, 7) is 1.00. The molecule has 1 fully saturated rings. The molecular weight excluding hydrogens is 245 g/mol. The van der Waals surface area contributed by atoms with Crippen molar-refractivity contribution in [2.24, 2.45) is 0 Å².